The average Bonchev–Trinajstić information content (AvgIpc) is 2.92. The van der Waals surface area contributed by atoms with Gasteiger partial charge in [-0.15, -0.1) is 0 Å². The molecule has 0 radical (unpaired) electrons. The summed E-state index contributed by atoms with van der Waals surface area (Å²) in [7, 11) is -4.10. The Bertz CT molecular complexity index is 1410. The fourth-order valence-corrected chi connectivity index (χ4v) is 6.02. The van der Waals surface area contributed by atoms with Gasteiger partial charge in [-0.3, -0.25) is 13.9 Å². The van der Waals surface area contributed by atoms with Crippen molar-refractivity contribution in [3.8, 4) is 0 Å². The second-order valence-electron chi connectivity index (χ2n) is 10.1. The van der Waals surface area contributed by atoms with Crippen LogP contribution in [0.4, 0.5) is 5.69 Å². The van der Waals surface area contributed by atoms with Crippen molar-refractivity contribution in [2.45, 2.75) is 71.0 Å². The van der Waals surface area contributed by atoms with Crippen molar-refractivity contribution in [1.29, 1.82) is 0 Å². The first-order chi connectivity index (χ1) is 19.0. The number of nitrogens with one attached hydrogen (secondary N) is 1. The first-order valence-electron chi connectivity index (χ1n) is 13.5. The first kappa shape index (κ1) is 31.4. The number of sulfonamides is 1. The fourth-order valence-electron chi connectivity index (χ4n) is 4.34. The molecule has 9 heteroatoms. The Labute approximate surface area is 246 Å². The third-order valence-electron chi connectivity index (χ3n) is 6.82. The number of carbonyl (C=O) groups excluding carboxylic acids is 2. The number of amides is 2. The van der Waals surface area contributed by atoms with Gasteiger partial charge in [0.25, 0.3) is 10.0 Å². The number of anilines is 1. The molecule has 0 aromatic heterocycles. The first-order valence-corrected chi connectivity index (χ1v) is 15.7. The van der Waals surface area contributed by atoms with Gasteiger partial charge in [0.2, 0.25) is 11.8 Å². The molecule has 7 nitrogen and oxygen atoms in total. The van der Waals surface area contributed by atoms with E-state index in [1.54, 1.807) is 48.5 Å². The maximum atomic E-state index is 14.1. The van der Waals surface area contributed by atoms with Gasteiger partial charge in [0, 0.05) is 17.1 Å². The van der Waals surface area contributed by atoms with Crippen molar-refractivity contribution in [2.24, 2.45) is 0 Å². The molecular weight excluding hydrogens is 590 g/mol. The molecule has 0 fully saturated rings. The van der Waals surface area contributed by atoms with Crippen molar-refractivity contribution < 1.29 is 18.0 Å². The minimum absolute atomic E-state index is 0.0568. The molecule has 0 bridgehead atoms. The number of benzene rings is 3. The fraction of sp³-hybridized carbons (Fsp3) is 0.355. The Morgan fingerprint density at radius 3 is 2.12 bits per heavy atom. The lowest BCUT2D eigenvalue weighted by Gasteiger charge is -2.33. The molecule has 3 aromatic rings. The van der Waals surface area contributed by atoms with E-state index in [2.05, 4.69) is 21.2 Å². The van der Waals surface area contributed by atoms with Gasteiger partial charge >= 0.3 is 0 Å². The van der Waals surface area contributed by atoms with Crippen LogP contribution in [0.5, 0.6) is 0 Å². The van der Waals surface area contributed by atoms with Gasteiger partial charge in [0.05, 0.1) is 10.6 Å². The van der Waals surface area contributed by atoms with E-state index in [1.807, 2.05) is 58.9 Å². The topological polar surface area (TPSA) is 86.8 Å². The van der Waals surface area contributed by atoms with Gasteiger partial charge in [-0.25, -0.2) is 8.42 Å². The molecule has 0 unspecified atom stereocenters. The molecule has 0 aliphatic rings. The van der Waals surface area contributed by atoms with Gasteiger partial charge < -0.3 is 10.2 Å². The second kappa shape index (κ2) is 13.9. The molecule has 0 aliphatic heterocycles. The van der Waals surface area contributed by atoms with Crippen LogP contribution >= 0.6 is 15.9 Å². The molecule has 0 saturated heterocycles. The summed E-state index contributed by atoms with van der Waals surface area (Å²) >= 11 is 3.40. The number of hydrogen-bond acceptors (Lipinski definition) is 4. The van der Waals surface area contributed by atoms with Crippen molar-refractivity contribution in [2.75, 3.05) is 10.8 Å². The van der Waals surface area contributed by atoms with Crippen molar-refractivity contribution in [1.82, 2.24) is 10.2 Å². The Kier molecular flexibility index (Phi) is 10.9. The maximum Gasteiger partial charge on any atom is 0.264 e. The lowest BCUT2D eigenvalue weighted by molar-refractivity contribution is -0.140. The molecule has 2 amide bonds. The van der Waals surface area contributed by atoms with Crippen molar-refractivity contribution in [3.05, 3.63) is 94.0 Å². The molecule has 214 valence electrons. The van der Waals surface area contributed by atoms with Gasteiger partial charge in [0.1, 0.15) is 12.6 Å². The molecule has 0 heterocycles. The Hall–Kier alpha value is -3.17. The van der Waals surface area contributed by atoms with Crippen LogP contribution in [0.1, 0.15) is 50.3 Å². The van der Waals surface area contributed by atoms with Crippen LogP contribution in [-0.2, 0) is 26.2 Å². The number of hydrogen-bond donors (Lipinski definition) is 1. The van der Waals surface area contributed by atoms with Crippen LogP contribution in [0.3, 0.4) is 0 Å². The van der Waals surface area contributed by atoms with E-state index in [9.17, 15) is 18.0 Å². The minimum Gasteiger partial charge on any atom is -0.352 e. The normalized spacial score (nSPS) is 12.8. The van der Waals surface area contributed by atoms with E-state index in [0.717, 1.165) is 31.9 Å². The maximum absolute atomic E-state index is 14.1. The summed E-state index contributed by atoms with van der Waals surface area (Å²) in [6, 6.07) is 20.2. The average molecular weight is 629 g/mol. The van der Waals surface area contributed by atoms with Crippen LogP contribution in [0.25, 0.3) is 0 Å². The third-order valence-corrected chi connectivity index (χ3v) is 9.14. The molecule has 0 saturated carbocycles. The molecule has 2 atom stereocenters. The minimum atomic E-state index is -4.10. The highest BCUT2D eigenvalue weighted by Gasteiger charge is 2.34. The third kappa shape index (κ3) is 7.95. The quantitative estimate of drug-likeness (QED) is 0.267. The number of rotatable bonds is 12. The molecule has 1 N–H and O–H groups in total. The highest BCUT2D eigenvalue weighted by atomic mass is 79.9. The molecular formula is C31H38BrN3O4S. The summed E-state index contributed by atoms with van der Waals surface area (Å²) in [6.07, 6.45) is 1.13. The lowest BCUT2D eigenvalue weighted by atomic mass is 10.1. The number of aryl methyl sites for hydroxylation is 2. The summed E-state index contributed by atoms with van der Waals surface area (Å²) in [5, 5.41) is 3.00. The summed E-state index contributed by atoms with van der Waals surface area (Å²) < 4.78 is 29.7. The van der Waals surface area contributed by atoms with E-state index in [-0.39, 0.29) is 23.4 Å². The van der Waals surface area contributed by atoms with Crippen LogP contribution in [0.2, 0.25) is 0 Å². The SMILES string of the molecule is CC[C@H](C(=O)N[C@@H](C)CC)N(Cc1cccc(C)c1)C(=O)CN(c1ccc(Br)cc1)S(=O)(=O)c1ccc(C)cc1. The highest BCUT2D eigenvalue weighted by Crippen LogP contribution is 2.26. The Balaban J connectivity index is 2.05. The Morgan fingerprint density at radius 1 is 0.900 bits per heavy atom. The highest BCUT2D eigenvalue weighted by molar-refractivity contribution is 9.10. The summed E-state index contributed by atoms with van der Waals surface area (Å²) in [6.45, 7) is 9.31. The second-order valence-corrected chi connectivity index (χ2v) is 12.8. The summed E-state index contributed by atoms with van der Waals surface area (Å²) in [5.74, 6) is -0.722. The summed E-state index contributed by atoms with van der Waals surface area (Å²) in [4.78, 5) is 29.0. The van der Waals surface area contributed by atoms with E-state index in [4.69, 9.17) is 0 Å². The van der Waals surface area contributed by atoms with E-state index >= 15 is 0 Å². The Morgan fingerprint density at radius 2 is 1.55 bits per heavy atom. The standard InChI is InChI=1S/C31H38BrN3O4S/c1-6-24(5)33-31(37)29(7-2)34(20-25-10-8-9-23(4)19-25)30(36)21-35(27-15-13-26(32)14-16-27)40(38,39)28-17-11-22(3)12-18-28/h8-19,24,29H,6-7,20-21H2,1-5H3,(H,33,37)/t24-,29+/m0/s1. The molecule has 0 spiro atoms. The zero-order chi connectivity index (χ0) is 29.4. The largest absolute Gasteiger partial charge is 0.352 e. The number of nitrogens with zero attached hydrogens (tertiary/aromatic N) is 2. The predicted molar refractivity (Wildman–Crippen MR) is 164 cm³/mol. The van der Waals surface area contributed by atoms with Gasteiger partial charge in [-0.1, -0.05) is 77.3 Å². The van der Waals surface area contributed by atoms with E-state index in [0.29, 0.717) is 12.1 Å². The number of carbonyl (C=O) groups is 2. The van der Waals surface area contributed by atoms with Crippen LogP contribution in [-0.4, -0.2) is 43.8 Å². The van der Waals surface area contributed by atoms with Crippen LogP contribution < -0.4 is 9.62 Å². The van der Waals surface area contributed by atoms with E-state index < -0.39 is 28.5 Å². The number of halogens is 1. The zero-order valence-electron chi connectivity index (χ0n) is 23.7. The van der Waals surface area contributed by atoms with Gasteiger partial charge in [-0.05, 0) is 75.6 Å². The zero-order valence-corrected chi connectivity index (χ0v) is 26.1. The molecule has 3 aromatic carbocycles. The van der Waals surface area contributed by atoms with Crippen molar-refractivity contribution >= 4 is 43.5 Å². The predicted octanol–water partition coefficient (Wildman–Crippen LogP) is 5.98. The van der Waals surface area contributed by atoms with Gasteiger partial charge in [-0.2, -0.15) is 0 Å². The molecule has 0 aliphatic carbocycles. The smallest absolute Gasteiger partial charge is 0.264 e. The van der Waals surface area contributed by atoms with Gasteiger partial charge in [0.15, 0.2) is 0 Å². The van der Waals surface area contributed by atoms with Crippen LogP contribution in [0, 0.1) is 13.8 Å². The van der Waals surface area contributed by atoms with E-state index in [1.165, 1.54) is 4.90 Å². The summed E-state index contributed by atoms with van der Waals surface area (Å²) in [5.41, 5.74) is 3.16. The van der Waals surface area contributed by atoms with Crippen molar-refractivity contribution in [3.63, 3.8) is 0 Å². The molecule has 3 rings (SSSR count). The molecule has 40 heavy (non-hydrogen) atoms. The van der Waals surface area contributed by atoms with Crippen LogP contribution in [0.15, 0.2) is 82.2 Å². The lowest BCUT2D eigenvalue weighted by Crippen LogP contribution is -2.53. The monoisotopic (exact) mass is 627 g/mol.